The van der Waals surface area contributed by atoms with Crippen LogP contribution in [0.25, 0.3) is 0 Å². The van der Waals surface area contributed by atoms with Crippen LogP contribution in [-0.4, -0.2) is 11.5 Å². The van der Waals surface area contributed by atoms with E-state index in [1.54, 1.807) is 0 Å². The zero-order valence-electron chi connectivity index (χ0n) is 10.5. The molecule has 0 saturated carbocycles. The van der Waals surface area contributed by atoms with Gasteiger partial charge in [-0.25, -0.2) is 13.8 Å². The number of hydrogen-bond donors (Lipinski definition) is 1. The first-order valence-electron chi connectivity index (χ1n) is 5.97. The van der Waals surface area contributed by atoms with Crippen molar-refractivity contribution in [3.8, 4) is 0 Å². The summed E-state index contributed by atoms with van der Waals surface area (Å²) in [4.78, 5) is 3.98. The van der Waals surface area contributed by atoms with Gasteiger partial charge in [-0.15, -0.1) is 0 Å². The first-order chi connectivity index (χ1) is 9.20. The predicted molar refractivity (Wildman–Crippen MR) is 74.3 cm³/mol. The SMILES string of the molecule is CCNc1nc(SCc2ccccc2)c(F)cc1F. The van der Waals surface area contributed by atoms with Crippen LogP contribution in [-0.2, 0) is 5.75 Å². The van der Waals surface area contributed by atoms with Crippen LogP contribution in [0.2, 0.25) is 0 Å². The predicted octanol–water partition coefficient (Wildman–Crippen LogP) is 4.08. The third kappa shape index (κ3) is 3.67. The van der Waals surface area contributed by atoms with Gasteiger partial charge in [-0.3, -0.25) is 0 Å². The lowest BCUT2D eigenvalue weighted by molar-refractivity contribution is 0.551. The van der Waals surface area contributed by atoms with Gasteiger partial charge in [0.05, 0.1) is 0 Å². The van der Waals surface area contributed by atoms with Gasteiger partial charge in [-0.05, 0) is 12.5 Å². The van der Waals surface area contributed by atoms with E-state index in [0.717, 1.165) is 11.6 Å². The number of rotatable bonds is 5. The molecule has 0 aliphatic rings. The fraction of sp³-hybridized carbons (Fsp3) is 0.214. The highest BCUT2D eigenvalue weighted by molar-refractivity contribution is 7.98. The first-order valence-corrected chi connectivity index (χ1v) is 6.96. The summed E-state index contributed by atoms with van der Waals surface area (Å²) in [6.07, 6.45) is 0. The molecule has 19 heavy (non-hydrogen) atoms. The van der Waals surface area contributed by atoms with Crippen molar-refractivity contribution in [1.29, 1.82) is 0 Å². The number of anilines is 1. The Morgan fingerprint density at radius 1 is 1.16 bits per heavy atom. The van der Waals surface area contributed by atoms with Gasteiger partial charge in [0.15, 0.2) is 17.5 Å². The van der Waals surface area contributed by atoms with Crippen LogP contribution >= 0.6 is 11.8 Å². The summed E-state index contributed by atoms with van der Waals surface area (Å²) in [5.41, 5.74) is 1.07. The Labute approximate surface area is 115 Å². The molecule has 0 radical (unpaired) electrons. The van der Waals surface area contributed by atoms with Crippen LogP contribution in [0.5, 0.6) is 0 Å². The Hall–Kier alpha value is -1.62. The lowest BCUT2D eigenvalue weighted by Gasteiger charge is -2.08. The third-order valence-corrected chi connectivity index (χ3v) is 3.50. The minimum absolute atomic E-state index is 0.0967. The van der Waals surface area contributed by atoms with Gasteiger partial charge in [-0.1, -0.05) is 42.1 Å². The van der Waals surface area contributed by atoms with E-state index in [1.807, 2.05) is 37.3 Å². The number of nitrogens with zero attached hydrogens (tertiary/aromatic N) is 1. The highest BCUT2D eigenvalue weighted by Crippen LogP contribution is 2.26. The molecule has 0 amide bonds. The van der Waals surface area contributed by atoms with Gasteiger partial charge < -0.3 is 5.32 Å². The van der Waals surface area contributed by atoms with E-state index in [9.17, 15) is 8.78 Å². The molecule has 0 bridgehead atoms. The Balaban J connectivity index is 2.13. The van der Waals surface area contributed by atoms with Gasteiger partial charge in [0.1, 0.15) is 5.03 Å². The van der Waals surface area contributed by atoms with Gasteiger partial charge >= 0.3 is 0 Å². The van der Waals surface area contributed by atoms with Crippen molar-refractivity contribution in [2.75, 3.05) is 11.9 Å². The zero-order chi connectivity index (χ0) is 13.7. The van der Waals surface area contributed by atoms with Crippen molar-refractivity contribution < 1.29 is 8.78 Å². The molecule has 0 saturated heterocycles. The molecule has 0 atom stereocenters. The van der Waals surface area contributed by atoms with E-state index in [1.165, 1.54) is 11.8 Å². The van der Waals surface area contributed by atoms with Gasteiger partial charge in [0, 0.05) is 18.4 Å². The average molecular weight is 280 g/mol. The summed E-state index contributed by atoms with van der Waals surface area (Å²) in [5, 5.41) is 2.98. The normalized spacial score (nSPS) is 10.5. The Bertz CT molecular complexity index is 547. The van der Waals surface area contributed by atoms with Crippen LogP contribution < -0.4 is 5.32 Å². The smallest absolute Gasteiger partial charge is 0.168 e. The molecule has 100 valence electrons. The van der Waals surface area contributed by atoms with Gasteiger partial charge in [-0.2, -0.15) is 0 Å². The molecule has 0 unspecified atom stereocenters. The van der Waals surface area contributed by atoms with Crippen molar-refractivity contribution in [2.24, 2.45) is 0 Å². The lowest BCUT2D eigenvalue weighted by Crippen LogP contribution is -2.04. The molecule has 0 aliphatic heterocycles. The maximum absolute atomic E-state index is 13.6. The Morgan fingerprint density at radius 3 is 2.58 bits per heavy atom. The maximum Gasteiger partial charge on any atom is 0.168 e. The number of halogens is 2. The quantitative estimate of drug-likeness (QED) is 0.835. The van der Waals surface area contributed by atoms with E-state index in [-0.39, 0.29) is 10.8 Å². The molecule has 1 heterocycles. The van der Waals surface area contributed by atoms with Gasteiger partial charge in [0.2, 0.25) is 0 Å². The fourth-order valence-corrected chi connectivity index (χ4v) is 2.42. The molecule has 2 nitrogen and oxygen atoms in total. The average Bonchev–Trinajstić information content (AvgIpc) is 2.42. The van der Waals surface area contributed by atoms with Crippen LogP contribution in [0.3, 0.4) is 0 Å². The summed E-state index contributed by atoms with van der Waals surface area (Å²) < 4.78 is 27.0. The van der Waals surface area contributed by atoms with E-state index in [4.69, 9.17) is 0 Å². The second-order valence-corrected chi connectivity index (χ2v) is 4.87. The van der Waals surface area contributed by atoms with Crippen LogP contribution in [0.1, 0.15) is 12.5 Å². The number of hydrogen-bond acceptors (Lipinski definition) is 3. The topological polar surface area (TPSA) is 24.9 Å². The Kier molecular flexibility index (Phi) is 4.74. The van der Waals surface area contributed by atoms with E-state index >= 15 is 0 Å². The highest BCUT2D eigenvalue weighted by Gasteiger charge is 2.11. The molecule has 2 rings (SSSR count). The summed E-state index contributed by atoms with van der Waals surface area (Å²) in [6, 6.07) is 10.6. The number of benzene rings is 1. The monoisotopic (exact) mass is 280 g/mol. The lowest BCUT2D eigenvalue weighted by atomic mass is 10.2. The van der Waals surface area contributed by atoms with Crippen molar-refractivity contribution in [3.05, 3.63) is 53.6 Å². The summed E-state index contributed by atoms with van der Waals surface area (Å²) in [7, 11) is 0. The van der Waals surface area contributed by atoms with Crippen LogP contribution in [0, 0.1) is 11.6 Å². The summed E-state index contributed by atoms with van der Waals surface area (Å²) in [6.45, 7) is 2.37. The number of nitrogens with one attached hydrogen (secondary N) is 1. The number of pyridine rings is 1. The first kappa shape index (κ1) is 13.8. The minimum Gasteiger partial charge on any atom is -0.368 e. The Morgan fingerprint density at radius 2 is 1.89 bits per heavy atom. The maximum atomic E-state index is 13.6. The largest absolute Gasteiger partial charge is 0.368 e. The van der Waals surface area contributed by atoms with Crippen molar-refractivity contribution in [1.82, 2.24) is 4.98 Å². The summed E-state index contributed by atoms with van der Waals surface area (Å²) in [5.74, 6) is -0.593. The van der Waals surface area contributed by atoms with E-state index in [2.05, 4.69) is 10.3 Å². The number of aromatic nitrogens is 1. The molecule has 1 aromatic carbocycles. The highest BCUT2D eigenvalue weighted by atomic mass is 32.2. The van der Waals surface area contributed by atoms with Crippen LogP contribution in [0.15, 0.2) is 41.4 Å². The standard InChI is InChI=1S/C14H14F2N2S/c1-2-17-13-11(15)8-12(16)14(18-13)19-9-10-6-4-3-5-7-10/h3-8H,2,9H2,1H3,(H,17,18). The molecular weight excluding hydrogens is 266 g/mol. The third-order valence-electron chi connectivity index (χ3n) is 2.46. The molecule has 0 aliphatic carbocycles. The molecule has 0 spiro atoms. The molecule has 1 aromatic heterocycles. The molecule has 5 heteroatoms. The van der Waals surface area contributed by atoms with E-state index in [0.29, 0.717) is 12.3 Å². The summed E-state index contributed by atoms with van der Waals surface area (Å²) >= 11 is 1.26. The zero-order valence-corrected chi connectivity index (χ0v) is 11.3. The van der Waals surface area contributed by atoms with Crippen molar-refractivity contribution >= 4 is 17.6 Å². The van der Waals surface area contributed by atoms with Crippen molar-refractivity contribution in [3.63, 3.8) is 0 Å². The molecule has 0 fully saturated rings. The fourth-order valence-electron chi connectivity index (χ4n) is 1.57. The molecule has 2 aromatic rings. The second kappa shape index (κ2) is 6.52. The van der Waals surface area contributed by atoms with Crippen LogP contribution in [0.4, 0.5) is 14.6 Å². The number of thioether (sulfide) groups is 1. The van der Waals surface area contributed by atoms with Crippen molar-refractivity contribution in [2.45, 2.75) is 17.7 Å². The van der Waals surface area contributed by atoms with Gasteiger partial charge in [0.25, 0.3) is 0 Å². The minimum atomic E-state index is -0.664. The molecule has 1 N–H and O–H groups in total. The molecular formula is C14H14F2N2S. The second-order valence-electron chi connectivity index (χ2n) is 3.91. The van der Waals surface area contributed by atoms with E-state index < -0.39 is 11.6 Å².